The normalized spacial score (nSPS) is 41.0. The van der Waals surface area contributed by atoms with Crippen molar-refractivity contribution in [3.05, 3.63) is 36.1 Å². The van der Waals surface area contributed by atoms with Crippen LogP contribution in [0.5, 0.6) is 0 Å². The van der Waals surface area contributed by atoms with Crippen LogP contribution >= 0.6 is 0 Å². The summed E-state index contributed by atoms with van der Waals surface area (Å²) in [5, 5.41) is 3.71. The molecule has 4 fully saturated rings. The molecule has 0 radical (unpaired) electrons. The fourth-order valence-electron chi connectivity index (χ4n) is 10.1. The molecule has 0 aromatic carbocycles. The van der Waals surface area contributed by atoms with Gasteiger partial charge in [0.15, 0.2) is 0 Å². The van der Waals surface area contributed by atoms with E-state index in [1.165, 1.54) is 87.7 Å². The Hall–Kier alpha value is -1.35. The van der Waals surface area contributed by atoms with Crippen molar-refractivity contribution in [1.82, 2.24) is 10.2 Å². The Bertz CT molecular complexity index is 974. The van der Waals surface area contributed by atoms with E-state index in [0.717, 1.165) is 36.8 Å². The molecule has 8 atom stereocenters. The molecule has 1 saturated heterocycles. The summed E-state index contributed by atoms with van der Waals surface area (Å²) in [5.74, 6) is 4.11. The van der Waals surface area contributed by atoms with Crippen LogP contribution in [0.4, 0.5) is 0 Å². The third kappa shape index (κ3) is 5.11. The maximum absolute atomic E-state index is 5.27. The first-order valence-corrected chi connectivity index (χ1v) is 16.1. The standard InChI is InChI=1S/C35H57N3/c1-23(2)38(18-15-29-20-25(4)21-37-29)26(5)22-36-27(6)31-11-12-32-30-10-9-28-19-24(3)13-16-34(28,7)33(30)14-17-35(31,32)8/h19,23,25,29-33,37H,3,5,9-18,20-22H2,1-2,4,6-8H3. The SMILES string of the molecule is C=C1C=C2CCC3C(CCC4(C)C(C(C)=NCC(=C)N(CCC5CC(C)CN5)C(C)C)CCC34)C2(C)CC1. The first-order valence-electron chi connectivity index (χ1n) is 16.1. The largest absolute Gasteiger partial charge is 0.371 e. The van der Waals surface area contributed by atoms with Crippen LogP contribution in [0.25, 0.3) is 0 Å². The number of hydrogen-bond donors (Lipinski definition) is 1. The van der Waals surface area contributed by atoms with Gasteiger partial charge in [-0.2, -0.15) is 0 Å². The topological polar surface area (TPSA) is 27.6 Å². The lowest BCUT2D eigenvalue weighted by Crippen LogP contribution is -2.50. The second-order valence-corrected chi connectivity index (χ2v) is 14.9. The van der Waals surface area contributed by atoms with Gasteiger partial charge in [-0.3, -0.25) is 4.99 Å². The minimum Gasteiger partial charge on any atom is -0.371 e. The second-order valence-electron chi connectivity index (χ2n) is 14.9. The minimum atomic E-state index is 0.425. The Morgan fingerprint density at radius 2 is 1.92 bits per heavy atom. The maximum Gasteiger partial charge on any atom is 0.0781 e. The highest BCUT2D eigenvalue weighted by Gasteiger charge is 2.59. The predicted octanol–water partition coefficient (Wildman–Crippen LogP) is 8.19. The molecule has 0 spiro atoms. The van der Waals surface area contributed by atoms with Gasteiger partial charge in [-0.1, -0.05) is 51.2 Å². The molecule has 1 aliphatic heterocycles. The van der Waals surface area contributed by atoms with E-state index in [2.05, 4.69) is 71.0 Å². The van der Waals surface area contributed by atoms with E-state index >= 15 is 0 Å². The summed E-state index contributed by atoms with van der Waals surface area (Å²) in [7, 11) is 0. The van der Waals surface area contributed by atoms with Gasteiger partial charge in [0, 0.05) is 36.0 Å². The summed E-state index contributed by atoms with van der Waals surface area (Å²) < 4.78 is 0. The number of aliphatic imine (C=N–C) groups is 1. The van der Waals surface area contributed by atoms with Crippen molar-refractivity contribution in [2.75, 3.05) is 19.6 Å². The fraction of sp³-hybridized carbons (Fsp3) is 0.800. The molecule has 0 amide bonds. The van der Waals surface area contributed by atoms with Gasteiger partial charge in [0.2, 0.25) is 0 Å². The van der Waals surface area contributed by atoms with Crippen LogP contribution < -0.4 is 5.32 Å². The molecular weight excluding hydrogens is 462 g/mol. The minimum absolute atomic E-state index is 0.425. The molecule has 0 bridgehead atoms. The van der Waals surface area contributed by atoms with Gasteiger partial charge >= 0.3 is 0 Å². The van der Waals surface area contributed by atoms with Crippen LogP contribution in [-0.2, 0) is 0 Å². The van der Waals surface area contributed by atoms with E-state index in [1.807, 2.05) is 0 Å². The summed E-state index contributed by atoms with van der Waals surface area (Å²) >= 11 is 0. The lowest BCUT2D eigenvalue weighted by molar-refractivity contribution is -0.0417. The number of rotatable bonds is 8. The van der Waals surface area contributed by atoms with Crippen molar-refractivity contribution >= 4 is 5.71 Å². The number of nitrogens with one attached hydrogen (secondary N) is 1. The molecule has 38 heavy (non-hydrogen) atoms. The quantitative estimate of drug-likeness (QED) is 0.327. The van der Waals surface area contributed by atoms with Crippen LogP contribution in [0.2, 0.25) is 0 Å². The Morgan fingerprint density at radius 3 is 2.63 bits per heavy atom. The average molecular weight is 520 g/mol. The molecule has 3 nitrogen and oxygen atoms in total. The maximum atomic E-state index is 5.27. The zero-order chi connectivity index (χ0) is 27.2. The number of allylic oxidation sites excluding steroid dienone is 3. The number of fused-ring (bicyclic) bond motifs is 5. The van der Waals surface area contributed by atoms with Gasteiger partial charge in [0.25, 0.3) is 0 Å². The van der Waals surface area contributed by atoms with Gasteiger partial charge in [0.05, 0.1) is 6.54 Å². The molecule has 0 aromatic heterocycles. The van der Waals surface area contributed by atoms with Crippen molar-refractivity contribution in [3.8, 4) is 0 Å². The van der Waals surface area contributed by atoms with E-state index in [0.29, 0.717) is 28.8 Å². The highest BCUT2D eigenvalue weighted by atomic mass is 15.2. The monoisotopic (exact) mass is 519 g/mol. The third-order valence-electron chi connectivity index (χ3n) is 12.3. The van der Waals surface area contributed by atoms with E-state index in [-0.39, 0.29) is 0 Å². The Balaban J connectivity index is 1.23. The van der Waals surface area contributed by atoms with Gasteiger partial charge in [-0.25, -0.2) is 0 Å². The van der Waals surface area contributed by atoms with Gasteiger partial charge in [-0.05, 0) is 126 Å². The van der Waals surface area contributed by atoms with E-state index in [4.69, 9.17) is 4.99 Å². The second kappa shape index (κ2) is 10.9. The lowest BCUT2D eigenvalue weighted by Gasteiger charge is -2.58. The van der Waals surface area contributed by atoms with Crippen molar-refractivity contribution in [1.29, 1.82) is 0 Å². The van der Waals surface area contributed by atoms with E-state index < -0.39 is 0 Å². The van der Waals surface area contributed by atoms with Gasteiger partial charge < -0.3 is 10.2 Å². The molecular formula is C35H57N3. The highest BCUT2D eigenvalue weighted by molar-refractivity contribution is 5.85. The summed E-state index contributed by atoms with van der Waals surface area (Å²) in [6.45, 7) is 26.4. The molecule has 0 aromatic rings. The summed E-state index contributed by atoms with van der Waals surface area (Å²) in [5.41, 5.74) is 6.56. The molecule has 3 saturated carbocycles. The molecule has 5 aliphatic rings. The number of nitrogens with zero attached hydrogens (tertiary/aromatic N) is 2. The summed E-state index contributed by atoms with van der Waals surface area (Å²) in [6.07, 6.45) is 15.8. The van der Waals surface area contributed by atoms with Crippen LogP contribution in [-0.4, -0.2) is 42.3 Å². The Kier molecular flexibility index (Phi) is 8.09. The Labute approximate surface area is 234 Å². The lowest BCUT2D eigenvalue weighted by atomic mass is 9.46. The third-order valence-corrected chi connectivity index (χ3v) is 12.3. The average Bonchev–Trinajstić information content (AvgIpc) is 3.45. The molecule has 4 aliphatic carbocycles. The van der Waals surface area contributed by atoms with Crippen molar-refractivity contribution < 1.29 is 0 Å². The summed E-state index contributed by atoms with van der Waals surface area (Å²) in [6, 6.07) is 1.14. The van der Waals surface area contributed by atoms with E-state index in [1.54, 1.807) is 5.57 Å². The molecule has 8 unspecified atom stereocenters. The first-order chi connectivity index (χ1) is 18.0. The van der Waals surface area contributed by atoms with Crippen LogP contribution in [0.1, 0.15) is 106 Å². The Morgan fingerprint density at radius 1 is 1.13 bits per heavy atom. The van der Waals surface area contributed by atoms with Crippen molar-refractivity contribution in [2.45, 2.75) is 118 Å². The first kappa shape index (κ1) is 28.2. The molecule has 1 N–H and O–H groups in total. The molecule has 3 heteroatoms. The molecule has 1 heterocycles. The van der Waals surface area contributed by atoms with Crippen molar-refractivity contribution in [3.63, 3.8) is 0 Å². The van der Waals surface area contributed by atoms with Crippen molar-refractivity contribution in [2.24, 2.45) is 45.4 Å². The van der Waals surface area contributed by atoms with Gasteiger partial charge in [-0.15, -0.1) is 0 Å². The molecule has 212 valence electrons. The van der Waals surface area contributed by atoms with Crippen LogP contribution in [0.3, 0.4) is 0 Å². The predicted molar refractivity (Wildman–Crippen MR) is 163 cm³/mol. The van der Waals surface area contributed by atoms with Gasteiger partial charge in [0.1, 0.15) is 0 Å². The van der Waals surface area contributed by atoms with Crippen LogP contribution in [0, 0.1) is 40.4 Å². The highest BCUT2D eigenvalue weighted by Crippen LogP contribution is 2.67. The number of hydrogen-bond acceptors (Lipinski definition) is 3. The zero-order valence-corrected chi connectivity index (χ0v) is 25.6. The molecule has 5 rings (SSSR count). The smallest absolute Gasteiger partial charge is 0.0781 e. The van der Waals surface area contributed by atoms with E-state index in [9.17, 15) is 0 Å². The van der Waals surface area contributed by atoms with Crippen LogP contribution in [0.15, 0.2) is 41.1 Å². The zero-order valence-electron chi connectivity index (χ0n) is 25.6. The fourth-order valence-corrected chi connectivity index (χ4v) is 10.1. The summed E-state index contributed by atoms with van der Waals surface area (Å²) in [4.78, 5) is 7.78.